The van der Waals surface area contributed by atoms with Gasteiger partial charge in [-0.15, -0.1) is 16.1 Å². The quantitative estimate of drug-likeness (QED) is 0.433. The van der Waals surface area contributed by atoms with Crippen molar-refractivity contribution in [2.24, 2.45) is 0 Å². The van der Waals surface area contributed by atoms with Crippen LogP contribution in [0.4, 0.5) is 0 Å². The van der Waals surface area contributed by atoms with Crippen LogP contribution >= 0.6 is 0 Å². The van der Waals surface area contributed by atoms with Crippen molar-refractivity contribution in [3.05, 3.63) is 13.1 Å². The summed E-state index contributed by atoms with van der Waals surface area (Å²) in [6.45, 7) is 21.1. The second kappa shape index (κ2) is 6.78. The molecule has 1 radical (unpaired) electrons. The van der Waals surface area contributed by atoms with Crippen LogP contribution in [-0.2, 0) is 25.8 Å². The zero-order valence-electron chi connectivity index (χ0n) is 8.99. The van der Waals surface area contributed by atoms with Gasteiger partial charge in [0, 0.05) is 25.8 Å². The largest absolute Gasteiger partial charge is 0.342 e. The van der Waals surface area contributed by atoms with Gasteiger partial charge in [-0.1, -0.05) is 39.3 Å². The fraction of sp³-hybridized carbons (Fsp3) is 0.750. The maximum absolute atomic E-state index is 3.91. The molecular weight excluding hydrogens is 197 g/mol. The molecule has 0 aromatic carbocycles. The molecule has 0 fully saturated rings. The van der Waals surface area contributed by atoms with Gasteiger partial charge in [0.2, 0.25) is 0 Å². The molecule has 0 aliphatic carbocycles. The first-order chi connectivity index (χ1) is 4.00. The van der Waals surface area contributed by atoms with Crippen molar-refractivity contribution in [2.45, 2.75) is 39.3 Å². The van der Waals surface area contributed by atoms with E-state index in [4.69, 9.17) is 0 Å². The Morgan fingerprint density at radius 3 is 0.636 bits per heavy atom. The van der Waals surface area contributed by atoms with Crippen LogP contribution in [0.1, 0.15) is 0 Å². The predicted octanol–water partition coefficient (Wildman–Crippen LogP) is 3.39. The second-order valence-electron chi connectivity index (χ2n) is 5.12. The topological polar surface area (TPSA) is 0 Å². The van der Waals surface area contributed by atoms with Crippen LogP contribution < -0.4 is 0 Å². The van der Waals surface area contributed by atoms with Crippen LogP contribution in [0.3, 0.4) is 0 Å². The van der Waals surface area contributed by atoms with Gasteiger partial charge in [0.05, 0.1) is 0 Å². The molecule has 0 amide bonds. The molecular formula is C8H22ScSi2-2. The van der Waals surface area contributed by atoms with Crippen LogP contribution in [0.25, 0.3) is 0 Å². The summed E-state index contributed by atoms with van der Waals surface area (Å²) in [5.74, 6) is 0. The molecule has 11 heavy (non-hydrogen) atoms. The fourth-order valence-corrected chi connectivity index (χ4v) is 0. The predicted molar refractivity (Wildman–Crippen MR) is 57.4 cm³/mol. The minimum absolute atomic E-state index is 0. The summed E-state index contributed by atoms with van der Waals surface area (Å²) in [7, 11) is -1.72. The Kier molecular flexibility index (Phi) is 11.2. The molecule has 0 aromatic heterocycles. The molecule has 0 aliphatic rings. The molecule has 67 valence electrons. The van der Waals surface area contributed by atoms with Crippen LogP contribution in [0.15, 0.2) is 0 Å². The molecule has 0 saturated carbocycles. The number of rotatable bonds is 0. The standard InChI is InChI=1S/2C4H11Si.Sc/c2*1-5(2,3)4;/h2*1H2,2-4H3;/q2*-1;. The van der Waals surface area contributed by atoms with Crippen LogP contribution in [-0.4, -0.2) is 16.1 Å². The second-order valence-corrected chi connectivity index (χ2v) is 15.4. The molecule has 0 N–H and O–H groups in total. The molecule has 0 bridgehead atoms. The van der Waals surface area contributed by atoms with E-state index < -0.39 is 16.1 Å². The summed E-state index contributed by atoms with van der Waals surface area (Å²) in [4.78, 5) is 0. The van der Waals surface area contributed by atoms with E-state index in [2.05, 4.69) is 52.4 Å². The van der Waals surface area contributed by atoms with E-state index in [-0.39, 0.29) is 25.8 Å². The Hall–Kier alpha value is 1.30. The zero-order valence-corrected chi connectivity index (χ0v) is 12.8. The summed E-state index contributed by atoms with van der Waals surface area (Å²) in [6, 6.07) is 0. The van der Waals surface area contributed by atoms with Gasteiger partial charge in [-0.25, -0.2) is 0 Å². The number of hydrogen-bond acceptors (Lipinski definition) is 0. The fourth-order valence-electron chi connectivity index (χ4n) is 0. The van der Waals surface area contributed by atoms with Crippen molar-refractivity contribution in [3.63, 3.8) is 0 Å². The maximum atomic E-state index is 3.91. The first-order valence-corrected chi connectivity index (χ1v) is 11.1. The van der Waals surface area contributed by atoms with Crippen molar-refractivity contribution in [1.29, 1.82) is 0 Å². The summed E-state index contributed by atoms with van der Waals surface area (Å²) in [6.07, 6.45) is 0. The summed E-state index contributed by atoms with van der Waals surface area (Å²) in [5.41, 5.74) is 0. The average Bonchev–Trinajstić information content (AvgIpc) is 1.12. The normalized spacial score (nSPS) is 10.9. The molecule has 0 aromatic rings. The smallest absolute Gasteiger partial charge is 0 e. The minimum atomic E-state index is -0.861. The van der Waals surface area contributed by atoms with Crippen LogP contribution in [0, 0.1) is 13.1 Å². The van der Waals surface area contributed by atoms with Crippen LogP contribution in [0.5, 0.6) is 0 Å². The van der Waals surface area contributed by atoms with E-state index >= 15 is 0 Å². The van der Waals surface area contributed by atoms with Crippen molar-refractivity contribution < 1.29 is 25.8 Å². The summed E-state index contributed by atoms with van der Waals surface area (Å²) >= 11 is 0. The number of hydrogen-bond donors (Lipinski definition) is 0. The van der Waals surface area contributed by atoms with Crippen molar-refractivity contribution >= 4 is 16.1 Å². The van der Waals surface area contributed by atoms with E-state index in [1.54, 1.807) is 0 Å². The Morgan fingerprint density at radius 2 is 0.636 bits per heavy atom. The van der Waals surface area contributed by atoms with Gasteiger partial charge < -0.3 is 13.1 Å². The first-order valence-electron chi connectivity index (χ1n) is 3.71. The van der Waals surface area contributed by atoms with Gasteiger partial charge in [-0.2, -0.15) is 0 Å². The van der Waals surface area contributed by atoms with Gasteiger partial charge in [0.1, 0.15) is 0 Å². The monoisotopic (exact) mass is 219 g/mol. The maximum Gasteiger partial charge on any atom is 0 e. The van der Waals surface area contributed by atoms with E-state index in [0.29, 0.717) is 0 Å². The molecule has 0 nitrogen and oxygen atoms in total. The van der Waals surface area contributed by atoms with Gasteiger partial charge in [-0.05, 0) is 0 Å². The van der Waals surface area contributed by atoms with Gasteiger partial charge in [0.15, 0.2) is 0 Å². The zero-order chi connectivity index (χ0) is 9.00. The van der Waals surface area contributed by atoms with Gasteiger partial charge >= 0.3 is 0 Å². The Balaban J connectivity index is -0.000000107. The minimum Gasteiger partial charge on any atom is -0.342 e. The third-order valence-corrected chi connectivity index (χ3v) is 0. The molecule has 0 unspecified atom stereocenters. The van der Waals surface area contributed by atoms with E-state index in [1.807, 2.05) is 0 Å². The van der Waals surface area contributed by atoms with E-state index in [0.717, 1.165) is 0 Å². The molecule has 0 heterocycles. The molecule has 0 atom stereocenters. The molecule has 0 rings (SSSR count). The third kappa shape index (κ3) is 576. The van der Waals surface area contributed by atoms with E-state index in [9.17, 15) is 0 Å². The molecule has 0 aliphatic heterocycles. The van der Waals surface area contributed by atoms with Crippen molar-refractivity contribution in [1.82, 2.24) is 0 Å². The van der Waals surface area contributed by atoms with Gasteiger partial charge in [-0.3, -0.25) is 0 Å². The third-order valence-electron chi connectivity index (χ3n) is 0. The van der Waals surface area contributed by atoms with Crippen LogP contribution in [0.2, 0.25) is 39.3 Å². The van der Waals surface area contributed by atoms with Crippen molar-refractivity contribution in [3.8, 4) is 0 Å². The summed E-state index contributed by atoms with van der Waals surface area (Å²) in [5, 5.41) is 0. The first kappa shape index (κ1) is 18.2. The molecule has 0 spiro atoms. The Morgan fingerprint density at radius 1 is 0.636 bits per heavy atom. The average molecular weight is 219 g/mol. The summed E-state index contributed by atoms with van der Waals surface area (Å²) < 4.78 is 0. The van der Waals surface area contributed by atoms with Gasteiger partial charge in [0.25, 0.3) is 0 Å². The Bertz CT molecular complexity index is 55.1. The SMILES string of the molecule is [CH2-][Si](C)(C)C.[CH2-][Si](C)(C)C.[Sc]. The van der Waals surface area contributed by atoms with E-state index in [1.165, 1.54) is 0 Å². The molecule has 3 heteroatoms. The molecule has 0 saturated heterocycles. The van der Waals surface area contributed by atoms with Crippen molar-refractivity contribution in [2.75, 3.05) is 0 Å². The Labute approximate surface area is 94.0 Å².